The van der Waals surface area contributed by atoms with Gasteiger partial charge in [-0.2, -0.15) is 0 Å². The lowest BCUT2D eigenvalue weighted by atomic mass is 10.0. The summed E-state index contributed by atoms with van der Waals surface area (Å²) in [7, 11) is 0. The molecule has 6 atom stereocenters. The van der Waals surface area contributed by atoms with Gasteiger partial charge in [-0.25, -0.2) is 9.59 Å². The first-order valence-corrected chi connectivity index (χ1v) is 9.41. The number of hydrogen-bond acceptors (Lipinski definition) is 10. The molecule has 10 nitrogen and oxygen atoms in total. The van der Waals surface area contributed by atoms with Crippen LogP contribution in [0.15, 0.2) is 0 Å². The van der Waals surface area contributed by atoms with Crippen LogP contribution in [0.1, 0.15) is 27.7 Å². The zero-order chi connectivity index (χ0) is 20.1. The molecule has 0 N–H and O–H groups in total. The maximum atomic E-state index is 12.6. The van der Waals surface area contributed by atoms with Gasteiger partial charge in [-0.05, 0) is 27.7 Å². The molecule has 10 heteroatoms. The highest BCUT2D eigenvalue weighted by atomic mass is 16.8. The van der Waals surface area contributed by atoms with E-state index >= 15 is 0 Å². The lowest BCUT2D eigenvalue weighted by molar-refractivity contribution is -0.177. The Balaban J connectivity index is 1.48. The van der Waals surface area contributed by atoms with Crippen molar-refractivity contribution in [3.05, 3.63) is 0 Å². The van der Waals surface area contributed by atoms with Gasteiger partial charge in [0.15, 0.2) is 23.8 Å². The van der Waals surface area contributed by atoms with Gasteiger partial charge >= 0.3 is 11.9 Å². The number of carbonyl (C=O) groups is 2. The largest absolute Gasteiger partial charge is 0.461 e. The third kappa shape index (κ3) is 4.64. The standard InChI is InChI=1S/C18H26O10/c1-17(2)25-11(13(27-17)15(19)23-7-9-5-21-9)12-14(28-18(3,4)26-12)16(20)24-8-10-6-22-10/h9-14H,5-8H2,1-4H3/t9?,10?,11-,12?,13+,14-/m0/s1. The minimum atomic E-state index is -1.07. The molecule has 28 heavy (non-hydrogen) atoms. The van der Waals surface area contributed by atoms with Crippen LogP contribution in [0, 0.1) is 0 Å². The van der Waals surface area contributed by atoms with Crippen molar-refractivity contribution in [3.8, 4) is 0 Å². The van der Waals surface area contributed by atoms with Crippen LogP contribution in [0.3, 0.4) is 0 Å². The molecule has 4 saturated heterocycles. The maximum absolute atomic E-state index is 12.6. The zero-order valence-corrected chi connectivity index (χ0v) is 16.4. The highest BCUT2D eigenvalue weighted by Gasteiger charge is 2.58. The summed E-state index contributed by atoms with van der Waals surface area (Å²) in [5.41, 5.74) is 0. The Labute approximate surface area is 162 Å². The summed E-state index contributed by atoms with van der Waals surface area (Å²) < 4.78 is 44.0. The Kier molecular flexibility index (Phi) is 5.13. The van der Waals surface area contributed by atoms with Crippen molar-refractivity contribution >= 4 is 11.9 Å². The first kappa shape index (κ1) is 20.0. The summed E-state index contributed by atoms with van der Waals surface area (Å²) >= 11 is 0. The lowest BCUT2D eigenvalue weighted by Gasteiger charge is -2.24. The Morgan fingerprint density at radius 2 is 1.11 bits per heavy atom. The second kappa shape index (κ2) is 7.19. The quantitative estimate of drug-likeness (QED) is 0.423. The molecular weight excluding hydrogens is 376 g/mol. The number of ether oxygens (including phenoxy) is 8. The van der Waals surface area contributed by atoms with Gasteiger partial charge in [0, 0.05) is 0 Å². The van der Waals surface area contributed by atoms with E-state index in [2.05, 4.69) is 0 Å². The van der Waals surface area contributed by atoms with E-state index in [1.165, 1.54) is 0 Å². The normalized spacial score (nSPS) is 40.1. The zero-order valence-electron chi connectivity index (χ0n) is 16.4. The molecule has 4 aliphatic heterocycles. The van der Waals surface area contributed by atoms with Crippen LogP contribution in [-0.4, -0.2) is 86.6 Å². The number of carbonyl (C=O) groups excluding carboxylic acids is 2. The Hall–Kier alpha value is -1.30. The Morgan fingerprint density at radius 3 is 1.43 bits per heavy atom. The van der Waals surface area contributed by atoms with Crippen LogP contribution in [-0.2, 0) is 47.5 Å². The van der Waals surface area contributed by atoms with Crippen LogP contribution in [0.25, 0.3) is 0 Å². The van der Waals surface area contributed by atoms with Gasteiger partial charge in [-0.1, -0.05) is 0 Å². The monoisotopic (exact) mass is 402 g/mol. The minimum Gasteiger partial charge on any atom is -0.461 e. The van der Waals surface area contributed by atoms with Gasteiger partial charge in [0.05, 0.1) is 13.2 Å². The van der Waals surface area contributed by atoms with Crippen LogP contribution in [0.5, 0.6) is 0 Å². The predicted octanol–water partition coefficient (Wildman–Crippen LogP) is -0.0894. The average molecular weight is 402 g/mol. The molecule has 0 amide bonds. The number of rotatable bonds is 7. The molecule has 4 rings (SSSR count). The minimum absolute atomic E-state index is 0.0740. The Morgan fingerprint density at radius 1 is 0.750 bits per heavy atom. The lowest BCUT2D eigenvalue weighted by Crippen LogP contribution is -2.48. The first-order chi connectivity index (χ1) is 13.1. The summed E-state index contributed by atoms with van der Waals surface area (Å²) in [6, 6.07) is 0. The fourth-order valence-electron chi connectivity index (χ4n) is 3.27. The molecule has 3 unspecified atom stereocenters. The van der Waals surface area contributed by atoms with Crippen molar-refractivity contribution in [2.75, 3.05) is 26.4 Å². The topological polar surface area (TPSA) is 115 Å². The molecule has 0 aliphatic carbocycles. The Bertz CT molecular complexity index is 570. The highest BCUT2D eigenvalue weighted by molar-refractivity contribution is 5.78. The van der Waals surface area contributed by atoms with E-state index in [0.29, 0.717) is 13.2 Å². The number of hydrogen-bond donors (Lipinski definition) is 0. The molecule has 0 spiro atoms. The summed E-state index contributed by atoms with van der Waals surface area (Å²) in [6.45, 7) is 8.13. The molecule has 0 aromatic rings. The molecule has 0 saturated carbocycles. The second-order valence-electron chi connectivity index (χ2n) is 8.21. The van der Waals surface area contributed by atoms with Gasteiger partial charge < -0.3 is 37.9 Å². The molecule has 4 fully saturated rings. The van der Waals surface area contributed by atoms with E-state index in [4.69, 9.17) is 37.9 Å². The molecule has 4 aliphatic rings. The van der Waals surface area contributed by atoms with E-state index in [0.717, 1.165) is 0 Å². The fraction of sp³-hybridized carbons (Fsp3) is 0.889. The molecule has 0 aromatic heterocycles. The summed E-state index contributed by atoms with van der Waals surface area (Å²) in [5.74, 6) is -3.32. The molecular formula is C18H26O10. The van der Waals surface area contributed by atoms with Gasteiger partial charge in [0.2, 0.25) is 0 Å². The van der Waals surface area contributed by atoms with Gasteiger partial charge in [-0.3, -0.25) is 0 Å². The van der Waals surface area contributed by atoms with Crippen molar-refractivity contribution in [1.29, 1.82) is 0 Å². The molecule has 0 aromatic carbocycles. The highest BCUT2D eigenvalue weighted by Crippen LogP contribution is 2.39. The maximum Gasteiger partial charge on any atom is 0.338 e. The van der Waals surface area contributed by atoms with Crippen molar-refractivity contribution in [1.82, 2.24) is 0 Å². The van der Waals surface area contributed by atoms with Gasteiger partial charge in [0.25, 0.3) is 0 Å². The van der Waals surface area contributed by atoms with Crippen LogP contribution >= 0.6 is 0 Å². The van der Waals surface area contributed by atoms with Crippen molar-refractivity contribution in [2.24, 2.45) is 0 Å². The second-order valence-corrected chi connectivity index (χ2v) is 8.21. The van der Waals surface area contributed by atoms with Crippen LogP contribution in [0.2, 0.25) is 0 Å². The van der Waals surface area contributed by atoms with E-state index in [1.54, 1.807) is 27.7 Å². The van der Waals surface area contributed by atoms with E-state index in [1.807, 2.05) is 0 Å². The molecule has 0 bridgehead atoms. The van der Waals surface area contributed by atoms with E-state index in [9.17, 15) is 9.59 Å². The van der Waals surface area contributed by atoms with Crippen LogP contribution in [0.4, 0.5) is 0 Å². The summed E-state index contributed by atoms with van der Waals surface area (Å²) in [6.07, 6.45) is -4.10. The van der Waals surface area contributed by atoms with E-state index in [-0.39, 0.29) is 25.4 Å². The molecule has 4 heterocycles. The smallest absolute Gasteiger partial charge is 0.338 e. The van der Waals surface area contributed by atoms with Crippen LogP contribution < -0.4 is 0 Å². The fourth-order valence-corrected chi connectivity index (χ4v) is 3.27. The SMILES string of the molecule is CC1(C)OC([C@@H]2OC(C)(C)O[C@H]2C(=O)OCC2CO2)[C@@H](C(=O)OCC2CO2)O1. The predicted molar refractivity (Wildman–Crippen MR) is 89.0 cm³/mol. The van der Waals surface area contributed by atoms with E-state index < -0.39 is 47.9 Å². The summed E-state index contributed by atoms with van der Waals surface area (Å²) in [4.78, 5) is 25.2. The first-order valence-electron chi connectivity index (χ1n) is 9.41. The molecule has 0 radical (unpaired) electrons. The average Bonchev–Trinajstić information content (AvgIpc) is 3.52. The van der Waals surface area contributed by atoms with Gasteiger partial charge in [0.1, 0.15) is 37.6 Å². The third-order valence-electron chi connectivity index (χ3n) is 4.67. The number of epoxide rings is 2. The van der Waals surface area contributed by atoms with Gasteiger partial charge in [-0.15, -0.1) is 0 Å². The third-order valence-corrected chi connectivity index (χ3v) is 4.67. The van der Waals surface area contributed by atoms with Crippen molar-refractivity contribution in [2.45, 2.75) is 75.9 Å². The number of esters is 2. The van der Waals surface area contributed by atoms with Crippen molar-refractivity contribution in [3.63, 3.8) is 0 Å². The summed E-state index contributed by atoms with van der Waals surface area (Å²) in [5, 5.41) is 0. The van der Waals surface area contributed by atoms with Crippen molar-refractivity contribution < 1.29 is 47.5 Å². The molecule has 158 valence electrons.